The number of allylic oxidation sites excluding steroid dienone is 4. The van der Waals surface area contributed by atoms with Crippen LogP contribution in [0.3, 0.4) is 0 Å². The summed E-state index contributed by atoms with van der Waals surface area (Å²) in [6.45, 7) is 0. The van der Waals surface area contributed by atoms with Gasteiger partial charge in [-0.05, 0) is 143 Å². The summed E-state index contributed by atoms with van der Waals surface area (Å²) in [4.78, 5) is 5.57. The van der Waals surface area contributed by atoms with Crippen molar-refractivity contribution in [1.29, 1.82) is 0 Å². The van der Waals surface area contributed by atoms with Gasteiger partial charge in [0, 0.05) is 16.3 Å². The fourth-order valence-corrected chi connectivity index (χ4v) is 12.0. The van der Waals surface area contributed by atoms with Crippen LogP contribution in [-0.2, 0) is 5.41 Å². The van der Waals surface area contributed by atoms with Crippen LogP contribution < -0.4 is 0 Å². The van der Waals surface area contributed by atoms with Gasteiger partial charge in [-0.2, -0.15) is 0 Å². The molecule has 1 aromatic heterocycles. The van der Waals surface area contributed by atoms with Gasteiger partial charge in [0.1, 0.15) is 0 Å². The van der Waals surface area contributed by atoms with Crippen molar-refractivity contribution in [3.05, 3.63) is 240 Å². The molecule has 0 amide bonds. The van der Waals surface area contributed by atoms with Gasteiger partial charge in [-0.3, -0.25) is 0 Å². The number of aromatic nitrogens is 1. The van der Waals surface area contributed by atoms with E-state index >= 15 is 0 Å². The molecule has 9 aromatic carbocycles. The molecule has 1 heteroatoms. The average Bonchev–Trinajstić information content (AvgIpc) is 3.82. The topological polar surface area (TPSA) is 12.9 Å². The molecule has 1 heterocycles. The van der Waals surface area contributed by atoms with Crippen LogP contribution in [0.4, 0.5) is 0 Å². The lowest BCUT2D eigenvalue weighted by Gasteiger charge is -2.32. The fourth-order valence-electron chi connectivity index (χ4n) is 12.0. The molecule has 0 atom stereocenters. The zero-order valence-corrected chi connectivity index (χ0v) is 34.6. The van der Waals surface area contributed by atoms with Crippen LogP contribution in [0.15, 0.2) is 218 Å². The Morgan fingerprint density at radius 3 is 1.57 bits per heavy atom. The summed E-state index contributed by atoms with van der Waals surface area (Å²) in [5.41, 5.74) is 26.2. The maximum Gasteiger partial charge on any atom is 0.0788 e. The van der Waals surface area contributed by atoms with Crippen molar-refractivity contribution in [3.8, 4) is 78.0 Å². The van der Waals surface area contributed by atoms with Crippen LogP contribution in [0, 0.1) is 0 Å². The zero-order valence-electron chi connectivity index (χ0n) is 34.6. The van der Waals surface area contributed by atoms with Gasteiger partial charge >= 0.3 is 0 Å². The van der Waals surface area contributed by atoms with Gasteiger partial charge in [-0.15, -0.1) is 0 Å². The maximum atomic E-state index is 5.57. The second-order valence-corrected chi connectivity index (χ2v) is 17.5. The van der Waals surface area contributed by atoms with Crippen molar-refractivity contribution in [2.45, 2.75) is 18.3 Å². The Bertz CT molecular complexity index is 3640. The third-order valence-corrected chi connectivity index (χ3v) is 14.5. The number of fused-ring (bicyclic) bond motifs is 21. The number of para-hydroxylation sites is 1. The predicted octanol–water partition coefficient (Wildman–Crippen LogP) is 16.1. The molecule has 4 aliphatic rings. The molecule has 0 fully saturated rings. The van der Waals surface area contributed by atoms with E-state index in [9.17, 15) is 0 Å². The molecule has 1 spiro atoms. The molecule has 0 saturated heterocycles. The number of pyridine rings is 1. The van der Waals surface area contributed by atoms with Gasteiger partial charge in [0.15, 0.2) is 0 Å². The van der Waals surface area contributed by atoms with Crippen molar-refractivity contribution in [3.63, 3.8) is 0 Å². The molecule has 0 unspecified atom stereocenters. The first-order valence-corrected chi connectivity index (χ1v) is 22.3. The Kier molecular flexibility index (Phi) is 7.22. The van der Waals surface area contributed by atoms with Crippen LogP contribution in [0.25, 0.3) is 105 Å². The van der Waals surface area contributed by atoms with Crippen molar-refractivity contribution < 1.29 is 0 Å². The van der Waals surface area contributed by atoms with Crippen LogP contribution in [-0.4, -0.2) is 4.98 Å². The van der Waals surface area contributed by atoms with E-state index in [1.165, 1.54) is 116 Å². The summed E-state index contributed by atoms with van der Waals surface area (Å²) >= 11 is 0. The van der Waals surface area contributed by atoms with Crippen molar-refractivity contribution in [1.82, 2.24) is 4.98 Å². The number of rotatable bonds is 2. The molecule has 292 valence electrons. The highest BCUT2D eigenvalue weighted by Crippen LogP contribution is 2.65. The Morgan fingerprint density at radius 1 is 0.333 bits per heavy atom. The van der Waals surface area contributed by atoms with Gasteiger partial charge in [0.2, 0.25) is 0 Å². The summed E-state index contributed by atoms with van der Waals surface area (Å²) < 4.78 is 0. The minimum Gasteiger partial charge on any atom is -0.247 e. The van der Waals surface area contributed by atoms with Gasteiger partial charge in [-0.25, -0.2) is 4.98 Å². The van der Waals surface area contributed by atoms with E-state index in [-0.39, 0.29) is 5.41 Å². The van der Waals surface area contributed by atoms with Crippen LogP contribution >= 0.6 is 0 Å². The van der Waals surface area contributed by atoms with Crippen molar-refractivity contribution >= 4 is 27.2 Å². The molecular weight excluding hydrogens is 759 g/mol. The predicted molar refractivity (Wildman–Crippen MR) is 262 cm³/mol. The molecule has 0 bridgehead atoms. The van der Waals surface area contributed by atoms with E-state index in [0.29, 0.717) is 0 Å². The van der Waals surface area contributed by atoms with E-state index in [1.54, 1.807) is 0 Å². The SMILES string of the molecule is C1=C2C(=CCC1)C1(c3cc4c(cc32)c(-c2cccc(-c3cccc5c3-c3ccccc3-c3ccccc3-c3ccccc3-5)c2)nc2ccccc24)c2ccccc2-c2ccccc21. The lowest BCUT2D eigenvalue weighted by molar-refractivity contribution is 0.783. The number of hydrogen-bond donors (Lipinski definition) is 0. The molecule has 0 radical (unpaired) electrons. The van der Waals surface area contributed by atoms with Crippen LogP contribution in [0.1, 0.15) is 35.1 Å². The summed E-state index contributed by atoms with van der Waals surface area (Å²) in [5, 5.41) is 3.61. The van der Waals surface area contributed by atoms with E-state index < -0.39 is 0 Å². The number of hydrogen-bond acceptors (Lipinski definition) is 1. The monoisotopic (exact) mass is 797 g/mol. The summed E-state index contributed by atoms with van der Waals surface area (Å²) in [6.07, 6.45) is 7.14. The molecule has 0 N–H and O–H groups in total. The largest absolute Gasteiger partial charge is 0.247 e. The van der Waals surface area contributed by atoms with E-state index in [4.69, 9.17) is 4.98 Å². The van der Waals surface area contributed by atoms with Crippen molar-refractivity contribution in [2.24, 2.45) is 0 Å². The molecule has 10 aromatic rings. The molecule has 0 aliphatic heterocycles. The van der Waals surface area contributed by atoms with E-state index in [1.807, 2.05) is 0 Å². The van der Waals surface area contributed by atoms with Gasteiger partial charge in [0.05, 0.1) is 16.6 Å². The summed E-state index contributed by atoms with van der Waals surface area (Å²) in [7, 11) is 0. The second kappa shape index (κ2) is 13.1. The number of benzene rings is 9. The molecule has 63 heavy (non-hydrogen) atoms. The Morgan fingerprint density at radius 2 is 0.857 bits per heavy atom. The minimum atomic E-state index is -0.368. The maximum absolute atomic E-state index is 5.57. The Balaban J connectivity index is 1.02. The van der Waals surface area contributed by atoms with Gasteiger partial charge in [-0.1, -0.05) is 188 Å². The standard InChI is InChI=1S/C62H39N/c1-2-20-42-41(19-1)43-21-3-4-22-45(43)51-30-16-29-40(60(51)50-28-6-5-23-44(42)50)38-17-15-18-39(35-38)61-54-36-53-48-26-9-13-33-57(48)62(58(53)37-52(54)49-27-10-14-34-59(49)63-61)55-31-11-7-24-46(55)47-25-8-12-32-56(47)62/h1-8,10-12,14-37H,9,13H2. The van der Waals surface area contributed by atoms with Gasteiger partial charge < -0.3 is 0 Å². The minimum absolute atomic E-state index is 0.368. The molecule has 4 aliphatic carbocycles. The molecule has 0 saturated carbocycles. The lowest BCUT2D eigenvalue weighted by atomic mass is 9.69. The highest BCUT2D eigenvalue weighted by Gasteiger charge is 2.53. The highest BCUT2D eigenvalue weighted by atomic mass is 14.7. The smallest absolute Gasteiger partial charge is 0.0788 e. The van der Waals surface area contributed by atoms with Gasteiger partial charge in [0.25, 0.3) is 0 Å². The first kappa shape index (κ1) is 34.8. The Labute approximate surface area is 367 Å². The first-order chi connectivity index (χ1) is 31.3. The normalized spacial score (nSPS) is 14.5. The number of nitrogens with zero attached hydrogens (tertiary/aromatic N) is 1. The third kappa shape index (κ3) is 4.69. The fraction of sp³-hybridized carbons (Fsp3) is 0.0484. The molecular formula is C62H39N. The van der Waals surface area contributed by atoms with Crippen LogP contribution in [0.5, 0.6) is 0 Å². The average molecular weight is 798 g/mol. The van der Waals surface area contributed by atoms with E-state index in [2.05, 4.69) is 212 Å². The van der Waals surface area contributed by atoms with E-state index in [0.717, 1.165) is 29.6 Å². The summed E-state index contributed by atoms with van der Waals surface area (Å²) in [6, 6.07) is 74.8. The molecule has 14 rings (SSSR count). The Hall–Kier alpha value is -7.87. The molecule has 1 nitrogen and oxygen atoms in total. The first-order valence-electron chi connectivity index (χ1n) is 22.3. The highest BCUT2D eigenvalue weighted by molar-refractivity contribution is 6.15. The second-order valence-electron chi connectivity index (χ2n) is 17.5. The van der Waals surface area contributed by atoms with Crippen LogP contribution in [0.2, 0.25) is 0 Å². The lowest BCUT2D eigenvalue weighted by Crippen LogP contribution is -2.26. The zero-order chi connectivity index (χ0) is 41.2. The quantitative estimate of drug-likeness (QED) is 0.159. The van der Waals surface area contributed by atoms with Crippen molar-refractivity contribution in [2.75, 3.05) is 0 Å². The summed E-state index contributed by atoms with van der Waals surface area (Å²) in [5.74, 6) is 0. The third-order valence-electron chi connectivity index (χ3n) is 14.5.